The lowest BCUT2D eigenvalue weighted by Crippen LogP contribution is -2.15. The van der Waals surface area contributed by atoms with Crippen LogP contribution in [0.1, 0.15) is 11.9 Å². The Morgan fingerprint density at radius 2 is 1.95 bits per heavy atom. The van der Waals surface area contributed by atoms with Gasteiger partial charge in [-0.3, -0.25) is 4.98 Å². The molecule has 1 unspecified atom stereocenters. The molecule has 1 aliphatic rings. The molecule has 5 heteroatoms. The smallest absolute Gasteiger partial charge is 0.227 e. The summed E-state index contributed by atoms with van der Waals surface area (Å²) in [5, 5.41) is 10.1. The molecule has 0 amide bonds. The molecular formula is C16H11N3O2. The maximum Gasteiger partial charge on any atom is 0.227 e. The van der Waals surface area contributed by atoms with Crippen LogP contribution in [0.3, 0.4) is 0 Å². The lowest BCUT2D eigenvalue weighted by Gasteiger charge is -2.24. The van der Waals surface area contributed by atoms with Crippen LogP contribution in [-0.4, -0.2) is 20.1 Å². The van der Waals surface area contributed by atoms with Crippen LogP contribution in [0.4, 0.5) is 0 Å². The minimum Gasteiger partial charge on any atom is -0.460 e. The van der Waals surface area contributed by atoms with Crippen molar-refractivity contribution in [2.24, 2.45) is 0 Å². The predicted molar refractivity (Wildman–Crippen MR) is 76.3 cm³/mol. The molecule has 1 atom stereocenters. The van der Waals surface area contributed by atoms with Gasteiger partial charge in [0.2, 0.25) is 6.29 Å². The van der Waals surface area contributed by atoms with E-state index in [0.29, 0.717) is 22.8 Å². The highest BCUT2D eigenvalue weighted by Gasteiger charge is 2.26. The SMILES string of the molecule is OC1Oc2ccccc2-c2nc(-c3cccnc3)ncc21. The van der Waals surface area contributed by atoms with Crippen molar-refractivity contribution in [3.8, 4) is 28.4 Å². The summed E-state index contributed by atoms with van der Waals surface area (Å²) in [6, 6.07) is 11.2. The zero-order valence-electron chi connectivity index (χ0n) is 11.0. The third-order valence-electron chi connectivity index (χ3n) is 3.38. The minimum atomic E-state index is -1.04. The fourth-order valence-electron chi connectivity index (χ4n) is 2.37. The largest absolute Gasteiger partial charge is 0.460 e. The quantitative estimate of drug-likeness (QED) is 0.740. The van der Waals surface area contributed by atoms with Gasteiger partial charge in [0.1, 0.15) is 5.75 Å². The summed E-state index contributed by atoms with van der Waals surface area (Å²) < 4.78 is 5.47. The van der Waals surface area contributed by atoms with E-state index in [9.17, 15) is 5.11 Å². The average molecular weight is 277 g/mol. The van der Waals surface area contributed by atoms with E-state index < -0.39 is 6.29 Å². The van der Waals surface area contributed by atoms with E-state index in [1.807, 2.05) is 36.4 Å². The first-order valence-electron chi connectivity index (χ1n) is 6.54. The van der Waals surface area contributed by atoms with Crippen molar-refractivity contribution in [1.82, 2.24) is 15.0 Å². The highest BCUT2D eigenvalue weighted by atomic mass is 16.6. The molecule has 0 saturated carbocycles. The minimum absolute atomic E-state index is 0.571. The Morgan fingerprint density at radius 1 is 1.05 bits per heavy atom. The number of pyridine rings is 1. The topological polar surface area (TPSA) is 68.1 Å². The Hall–Kier alpha value is -2.79. The molecule has 0 radical (unpaired) electrons. The Bertz CT molecular complexity index is 806. The van der Waals surface area contributed by atoms with E-state index in [2.05, 4.69) is 15.0 Å². The zero-order valence-corrected chi connectivity index (χ0v) is 11.0. The van der Waals surface area contributed by atoms with Gasteiger partial charge in [-0.15, -0.1) is 0 Å². The monoisotopic (exact) mass is 277 g/mol. The van der Waals surface area contributed by atoms with E-state index >= 15 is 0 Å². The fourth-order valence-corrected chi connectivity index (χ4v) is 2.37. The average Bonchev–Trinajstić information content (AvgIpc) is 2.55. The second kappa shape index (κ2) is 4.64. The Morgan fingerprint density at radius 3 is 2.81 bits per heavy atom. The molecule has 4 rings (SSSR count). The van der Waals surface area contributed by atoms with Crippen molar-refractivity contribution in [3.05, 3.63) is 60.6 Å². The summed E-state index contributed by atoms with van der Waals surface area (Å²) in [4.78, 5) is 13.0. The van der Waals surface area contributed by atoms with E-state index in [1.165, 1.54) is 0 Å². The van der Waals surface area contributed by atoms with Gasteiger partial charge in [0.05, 0.1) is 11.3 Å². The highest BCUT2D eigenvalue weighted by Crippen LogP contribution is 2.40. The lowest BCUT2D eigenvalue weighted by atomic mass is 10.0. The fraction of sp³-hybridized carbons (Fsp3) is 0.0625. The number of aromatic nitrogens is 3. The molecule has 3 aromatic rings. The Labute approximate surface area is 120 Å². The second-order valence-electron chi connectivity index (χ2n) is 4.71. The van der Waals surface area contributed by atoms with Crippen LogP contribution in [0, 0.1) is 0 Å². The number of para-hydroxylation sites is 1. The van der Waals surface area contributed by atoms with Crippen LogP contribution in [-0.2, 0) is 0 Å². The first kappa shape index (κ1) is 12.0. The van der Waals surface area contributed by atoms with Gasteiger partial charge in [-0.25, -0.2) is 9.97 Å². The number of hydrogen-bond donors (Lipinski definition) is 1. The van der Waals surface area contributed by atoms with E-state index in [0.717, 1.165) is 11.1 Å². The van der Waals surface area contributed by atoms with E-state index in [4.69, 9.17) is 4.74 Å². The molecule has 102 valence electrons. The van der Waals surface area contributed by atoms with Crippen molar-refractivity contribution in [1.29, 1.82) is 0 Å². The molecule has 0 fully saturated rings. The maximum absolute atomic E-state index is 10.1. The molecule has 1 N–H and O–H groups in total. The van der Waals surface area contributed by atoms with E-state index in [1.54, 1.807) is 18.6 Å². The van der Waals surface area contributed by atoms with Crippen LogP contribution in [0.5, 0.6) is 5.75 Å². The molecule has 1 aromatic carbocycles. The van der Waals surface area contributed by atoms with Crippen LogP contribution in [0.25, 0.3) is 22.6 Å². The first-order chi connectivity index (χ1) is 10.3. The number of fused-ring (bicyclic) bond motifs is 3. The number of benzene rings is 1. The number of aliphatic hydroxyl groups excluding tert-OH is 1. The second-order valence-corrected chi connectivity index (χ2v) is 4.71. The number of ether oxygens (including phenoxy) is 1. The molecule has 0 spiro atoms. The zero-order chi connectivity index (χ0) is 14.2. The van der Waals surface area contributed by atoms with E-state index in [-0.39, 0.29) is 0 Å². The van der Waals surface area contributed by atoms with Crippen LogP contribution in [0.2, 0.25) is 0 Å². The van der Waals surface area contributed by atoms with Gasteiger partial charge in [-0.2, -0.15) is 0 Å². The van der Waals surface area contributed by atoms with Gasteiger partial charge in [-0.1, -0.05) is 12.1 Å². The van der Waals surface area contributed by atoms with Gasteiger partial charge < -0.3 is 9.84 Å². The van der Waals surface area contributed by atoms with Gasteiger partial charge >= 0.3 is 0 Å². The van der Waals surface area contributed by atoms with Crippen molar-refractivity contribution < 1.29 is 9.84 Å². The van der Waals surface area contributed by atoms with Gasteiger partial charge in [0.15, 0.2) is 5.82 Å². The van der Waals surface area contributed by atoms with Crippen LogP contribution >= 0.6 is 0 Å². The molecule has 0 saturated heterocycles. The van der Waals surface area contributed by atoms with Gasteiger partial charge in [0, 0.05) is 29.7 Å². The number of nitrogens with zero attached hydrogens (tertiary/aromatic N) is 3. The number of rotatable bonds is 1. The summed E-state index contributed by atoms with van der Waals surface area (Å²) in [6.45, 7) is 0. The summed E-state index contributed by atoms with van der Waals surface area (Å²) in [7, 11) is 0. The van der Waals surface area contributed by atoms with Crippen molar-refractivity contribution in [2.75, 3.05) is 0 Å². The molecule has 5 nitrogen and oxygen atoms in total. The number of hydrogen-bond acceptors (Lipinski definition) is 5. The van der Waals surface area contributed by atoms with Crippen molar-refractivity contribution in [3.63, 3.8) is 0 Å². The maximum atomic E-state index is 10.1. The molecule has 2 aromatic heterocycles. The highest BCUT2D eigenvalue weighted by molar-refractivity contribution is 5.73. The predicted octanol–water partition coefficient (Wildman–Crippen LogP) is 2.59. The molecule has 21 heavy (non-hydrogen) atoms. The first-order valence-corrected chi connectivity index (χ1v) is 6.54. The Kier molecular flexibility index (Phi) is 2.65. The third kappa shape index (κ3) is 1.95. The van der Waals surface area contributed by atoms with Crippen LogP contribution in [0.15, 0.2) is 55.0 Å². The summed E-state index contributed by atoms with van der Waals surface area (Å²) in [5.74, 6) is 1.19. The molecular weight excluding hydrogens is 266 g/mol. The van der Waals surface area contributed by atoms with Gasteiger partial charge in [0.25, 0.3) is 0 Å². The Balaban J connectivity index is 1.92. The summed E-state index contributed by atoms with van der Waals surface area (Å²) in [6.07, 6.45) is 3.97. The van der Waals surface area contributed by atoms with Crippen molar-refractivity contribution >= 4 is 0 Å². The summed E-state index contributed by atoms with van der Waals surface area (Å²) in [5.41, 5.74) is 2.95. The van der Waals surface area contributed by atoms with Crippen molar-refractivity contribution in [2.45, 2.75) is 6.29 Å². The number of aliphatic hydroxyl groups is 1. The molecule has 3 heterocycles. The van der Waals surface area contributed by atoms with Crippen LogP contribution < -0.4 is 4.74 Å². The molecule has 0 aliphatic carbocycles. The standard InChI is InChI=1S/C16H11N3O2/c20-16-12-9-18-15(10-4-3-7-17-8-10)19-14(12)11-5-1-2-6-13(11)21-16/h1-9,16,20H. The normalized spacial score (nSPS) is 15.8. The third-order valence-corrected chi connectivity index (χ3v) is 3.38. The van der Waals surface area contributed by atoms with Gasteiger partial charge in [-0.05, 0) is 24.3 Å². The molecule has 1 aliphatic heterocycles. The molecule has 0 bridgehead atoms. The lowest BCUT2D eigenvalue weighted by molar-refractivity contribution is -0.0218. The summed E-state index contributed by atoms with van der Waals surface area (Å²) >= 11 is 0.